The molecule has 0 aliphatic carbocycles. The number of amides is 2. The first-order chi connectivity index (χ1) is 11.5. The number of carbonyl (C=O) groups is 2. The molecule has 2 N–H and O–H groups in total. The predicted octanol–water partition coefficient (Wildman–Crippen LogP) is 3.95. The molecule has 4 nitrogen and oxygen atoms in total. The normalized spacial score (nSPS) is 10.3. The zero-order valence-corrected chi connectivity index (χ0v) is 14.7. The van der Waals surface area contributed by atoms with Crippen LogP contribution in [-0.2, 0) is 17.6 Å². The van der Waals surface area contributed by atoms with Crippen LogP contribution >= 0.6 is 23.2 Å². The fourth-order valence-electron chi connectivity index (χ4n) is 2.14. The molecule has 2 rings (SSSR count). The summed E-state index contributed by atoms with van der Waals surface area (Å²) in [7, 11) is 0. The highest BCUT2D eigenvalue weighted by molar-refractivity contribution is 6.42. The van der Waals surface area contributed by atoms with E-state index in [-0.39, 0.29) is 18.2 Å². The molecule has 0 aliphatic rings. The van der Waals surface area contributed by atoms with Gasteiger partial charge in [0.25, 0.3) is 5.91 Å². The van der Waals surface area contributed by atoms with Crippen molar-refractivity contribution in [2.75, 3.05) is 0 Å². The topological polar surface area (TPSA) is 58.2 Å². The maximum Gasteiger partial charge on any atom is 0.269 e. The van der Waals surface area contributed by atoms with Gasteiger partial charge in [-0.15, -0.1) is 0 Å². The summed E-state index contributed by atoms with van der Waals surface area (Å²) in [5, 5.41) is 0.908. The second kappa shape index (κ2) is 8.71. The van der Waals surface area contributed by atoms with Crippen LogP contribution in [0.1, 0.15) is 34.8 Å². The van der Waals surface area contributed by atoms with Gasteiger partial charge in [-0.1, -0.05) is 54.4 Å². The largest absolute Gasteiger partial charge is 0.273 e. The van der Waals surface area contributed by atoms with Gasteiger partial charge in [-0.2, -0.15) is 0 Å². The lowest BCUT2D eigenvalue weighted by Crippen LogP contribution is -2.41. The minimum atomic E-state index is -0.355. The Labute approximate surface area is 151 Å². The minimum absolute atomic E-state index is 0.190. The molecule has 0 saturated heterocycles. The Morgan fingerprint density at radius 1 is 1.00 bits per heavy atom. The van der Waals surface area contributed by atoms with Crippen LogP contribution in [0.15, 0.2) is 42.5 Å². The van der Waals surface area contributed by atoms with Crippen molar-refractivity contribution in [3.05, 3.63) is 69.2 Å². The van der Waals surface area contributed by atoms with Crippen LogP contribution in [0.4, 0.5) is 0 Å². The number of rotatable bonds is 5. The van der Waals surface area contributed by atoms with Crippen LogP contribution in [-0.4, -0.2) is 11.8 Å². The second-order valence-electron chi connectivity index (χ2n) is 5.27. The van der Waals surface area contributed by atoms with Gasteiger partial charge in [0.2, 0.25) is 5.91 Å². The molecule has 126 valence electrons. The third-order valence-corrected chi connectivity index (χ3v) is 4.45. The lowest BCUT2D eigenvalue weighted by molar-refractivity contribution is -0.121. The van der Waals surface area contributed by atoms with Gasteiger partial charge >= 0.3 is 0 Å². The van der Waals surface area contributed by atoms with Crippen LogP contribution in [0, 0.1) is 0 Å². The number of benzene rings is 2. The van der Waals surface area contributed by atoms with Crippen molar-refractivity contribution in [1.82, 2.24) is 10.9 Å². The highest BCUT2D eigenvalue weighted by atomic mass is 35.5. The fraction of sp³-hybridized carbons (Fsp3) is 0.222. The first-order valence-corrected chi connectivity index (χ1v) is 8.38. The van der Waals surface area contributed by atoms with Gasteiger partial charge in [-0.3, -0.25) is 20.4 Å². The molecule has 0 aliphatic heterocycles. The zero-order chi connectivity index (χ0) is 17.5. The van der Waals surface area contributed by atoms with Gasteiger partial charge < -0.3 is 0 Å². The van der Waals surface area contributed by atoms with E-state index in [1.807, 2.05) is 25.1 Å². The number of carbonyl (C=O) groups excluding carboxylic acids is 2. The lowest BCUT2D eigenvalue weighted by Gasteiger charge is -2.09. The Morgan fingerprint density at radius 2 is 1.71 bits per heavy atom. The molecule has 2 aromatic carbocycles. The standard InChI is InChI=1S/C18H18Cl2N2O2/c1-2-12-6-8-14(9-7-12)18(24)22-21-16(23)11-10-13-4-3-5-15(19)17(13)20/h3-9H,2,10-11H2,1H3,(H,21,23)(H,22,24). The fourth-order valence-corrected chi connectivity index (χ4v) is 2.56. The maximum absolute atomic E-state index is 12.0. The molecule has 0 fully saturated rings. The first-order valence-electron chi connectivity index (χ1n) is 7.62. The quantitative estimate of drug-likeness (QED) is 0.789. The molecule has 0 bridgehead atoms. The Kier molecular flexibility index (Phi) is 6.64. The third-order valence-electron chi connectivity index (χ3n) is 3.59. The van der Waals surface area contributed by atoms with E-state index in [1.165, 1.54) is 0 Å². The summed E-state index contributed by atoms with van der Waals surface area (Å²) in [4.78, 5) is 23.8. The number of hydrogen-bond donors (Lipinski definition) is 2. The SMILES string of the molecule is CCc1ccc(C(=O)NNC(=O)CCc2cccc(Cl)c2Cl)cc1. The van der Waals surface area contributed by atoms with Gasteiger partial charge in [0.15, 0.2) is 0 Å². The monoisotopic (exact) mass is 364 g/mol. The zero-order valence-electron chi connectivity index (χ0n) is 13.2. The summed E-state index contributed by atoms with van der Waals surface area (Å²) < 4.78 is 0. The highest BCUT2D eigenvalue weighted by Gasteiger charge is 2.09. The van der Waals surface area contributed by atoms with E-state index in [4.69, 9.17) is 23.2 Å². The van der Waals surface area contributed by atoms with Crippen molar-refractivity contribution in [3.63, 3.8) is 0 Å². The van der Waals surface area contributed by atoms with Crippen molar-refractivity contribution in [2.45, 2.75) is 26.2 Å². The summed E-state index contributed by atoms with van der Waals surface area (Å²) in [6.07, 6.45) is 1.53. The molecule has 2 aromatic rings. The van der Waals surface area contributed by atoms with Crippen LogP contribution in [0.3, 0.4) is 0 Å². The smallest absolute Gasteiger partial charge is 0.269 e. The van der Waals surface area contributed by atoms with Crippen molar-refractivity contribution < 1.29 is 9.59 Å². The van der Waals surface area contributed by atoms with Gasteiger partial charge in [0.05, 0.1) is 10.0 Å². The number of hydrazine groups is 1. The molecule has 2 amide bonds. The molecule has 0 unspecified atom stereocenters. The van der Waals surface area contributed by atoms with Crippen LogP contribution in [0.25, 0.3) is 0 Å². The molecular formula is C18H18Cl2N2O2. The van der Waals surface area contributed by atoms with Crippen molar-refractivity contribution in [2.24, 2.45) is 0 Å². The average molecular weight is 365 g/mol. The lowest BCUT2D eigenvalue weighted by atomic mass is 10.1. The van der Waals surface area contributed by atoms with Gasteiger partial charge in [-0.25, -0.2) is 0 Å². The number of halogens is 2. The van der Waals surface area contributed by atoms with Crippen LogP contribution in [0.5, 0.6) is 0 Å². The number of hydrogen-bond acceptors (Lipinski definition) is 2. The number of aryl methyl sites for hydroxylation is 2. The van der Waals surface area contributed by atoms with E-state index in [9.17, 15) is 9.59 Å². The van der Waals surface area contributed by atoms with Gasteiger partial charge in [0.1, 0.15) is 0 Å². The average Bonchev–Trinajstić information content (AvgIpc) is 2.61. The predicted molar refractivity (Wildman–Crippen MR) is 96.2 cm³/mol. The summed E-state index contributed by atoms with van der Waals surface area (Å²) in [6.45, 7) is 2.04. The van der Waals surface area contributed by atoms with E-state index in [2.05, 4.69) is 10.9 Å². The van der Waals surface area contributed by atoms with Gasteiger partial charge in [0, 0.05) is 12.0 Å². The summed E-state index contributed by atoms with van der Waals surface area (Å²) in [5.41, 5.74) is 7.23. The molecule has 0 radical (unpaired) electrons. The minimum Gasteiger partial charge on any atom is -0.273 e. The Bertz CT molecular complexity index is 730. The number of nitrogens with one attached hydrogen (secondary N) is 2. The van der Waals surface area contributed by atoms with Gasteiger partial charge in [-0.05, 0) is 42.2 Å². The van der Waals surface area contributed by atoms with Crippen molar-refractivity contribution in [3.8, 4) is 0 Å². The van der Waals surface area contributed by atoms with Crippen LogP contribution in [0.2, 0.25) is 10.0 Å². The highest BCUT2D eigenvalue weighted by Crippen LogP contribution is 2.26. The van der Waals surface area contributed by atoms with E-state index in [0.717, 1.165) is 17.5 Å². The molecule has 0 aromatic heterocycles. The first kappa shape index (κ1) is 18.3. The Morgan fingerprint density at radius 3 is 2.38 bits per heavy atom. The van der Waals surface area contributed by atoms with E-state index >= 15 is 0 Å². The van der Waals surface area contributed by atoms with E-state index in [0.29, 0.717) is 22.0 Å². The summed E-state index contributed by atoms with van der Waals surface area (Å²) in [6, 6.07) is 12.5. The van der Waals surface area contributed by atoms with E-state index < -0.39 is 0 Å². The molecule has 0 spiro atoms. The Balaban J connectivity index is 1.82. The van der Waals surface area contributed by atoms with Crippen LogP contribution < -0.4 is 10.9 Å². The molecule has 6 heteroatoms. The molecular weight excluding hydrogens is 347 g/mol. The molecule has 0 heterocycles. The van der Waals surface area contributed by atoms with Crippen molar-refractivity contribution in [1.29, 1.82) is 0 Å². The maximum atomic E-state index is 12.0. The molecule has 0 saturated carbocycles. The third kappa shape index (κ3) is 4.98. The Hall–Kier alpha value is -2.04. The summed E-state index contributed by atoms with van der Waals surface area (Å²) >= 11 is 12.0. The molecule has 24 heavy (non-hydrogen) atoms. The summed E-state index contributed by atoms with van der Waals surface area (Å²) in [5.74, 6) is -0.656. The molecule has 0 atom stereocenters. The second-order valence-corrected chi connectivity index (χ2v) is 6.05. The van der Waals surface area contributed by atoms with Crippen molar-refractivity contribution >= 4 is 35.0 Å². The van der Waals surface area contributed by atoms with E-state index in [1.54, 1.807) is 24.3 Å².